The molecule has 0 fully saturated rings. The van der Waals surface area contributed by atoms with Gasteiger partial charge in [-0.3, -0.25) is 0 Å². The first kappa shape index (κ1) is 69.1. The normalized spacial score (nSPS) is 1.50. The first-order chi connectivity index (χ1) is 1.41. The van der Waals surface area contributed by atoms with Crippen molar-refractivity contribution < 1.29 is 24.8 Å². The molecule has 0 amide bonds. The van der Waals surface area contributed by atoms with E-state index in [1.165, 1.54) is 0 Å². The van der Waals surface area contributed by atoms with Crippen molar-refractivity contribution in [2.24, 2.45) is 0 Å². The third-order valence-electron chi connectivity index (χ3n) is 0. The van der Waals surface area contributed by atoms with Gasteiger partial charge in [0, 0.05) is 0 Å². The molecule has 0 radical (unpaired) electrons. The predicted molar refractivity (Wildman–Crippen MR) is 22.5 cm³/mol. The van der Waals surface area contributed by atoms with Crippen LogP contribution >= 0.6 is 0 Å². The molecule has 42 valence electrons. The van der Waals surface area contributed by atoms with E-state index >= 15 is 0 Å². The third-order valence-corrected chi connectivity index (χ3v) is 0. The second-order valence-electron chi connectivity index (χ2n) is 0.0680. The van der Waals surface area contributed by atoms with E-state index in [9.17, 15) is 0 Å². The Bertz CT molecular complexity index is 31.4. The number of rotatable bonds is 0. The van der Waals surface area contributed by atoms with Crippen molar-refractivity contribution in [1.29, 1.82) is 0 Å². The molecule has 0 aromatic rings. The van der Waals surface area contributed by atoms with Crippen molar-refractivity contribution in [3.63, 3.8) is 0 Å². The average molecular weight is 166 g/mol. The van der Waals surface area contributed by atoms with E-state index in [4.69, 9.17) is 8.42 Å². The van der Waals surface area contributed by atoms with E-state index in [0.717, 1.165) is 0 Å². The molecule has 0 atom stereocenters. The zero-order valence-corrected chi connectivity index (χ0v) is 6.73. The van der Waals surface area contributed by atoms with Gasteiger partial charge in [-0.15, -0.1) is 0 Å². The van der Waals surface area contributed by atoms with Crippen molar-refractivity contribution in [2.45, 2.75) is 0 Å². The standard InChI is InChI=1S/2Al.O2S.3O/c;;1-3-2;;;/q2*+3;;3*-2. The molecule has 0 N–H and O–H groups in total. The first-order valence-electron chi connectivity index (χ1n) is 0.333. The van der Waals surface area contributed by atoms with Gasteiger partial charge in [0.15, 0.2) is 0 Å². The van der Waals surface area contributed by atoms with Crippen molar-refractivity contribution in [2.75, 3.05) is 0 Å². The maximum Gasteiger partial charge on any atom is 3.00 e. The summed E-state index contributed by atoms with van der Waals surface area (Å²) in [5.41, 5.74) is 0. The molecule has 5 nitrogen and oxygen atoms in total. The fourth-order valence-corrected chi connectivity index (χ4v) is 0. The quantitative estimate of drug-likeness (QED) is 0.395. The molecule has 0 bridgehead atoms. The fourth-order valence-electron chi connectivity index (χ4n) is 0. The maximum absolute atomic E-state index is 8.29. The fraction of sp³-hybridized carbons (Fsp3) is 0. The molecule has 0 aromatic carbocycles. The second-order valence-corrected chi connectivity index (χ2v) is 0.204. The molecular weight excluding hydrogens is 166 g/mol. The molecule has 0 unspecified atom stereocenters. The van der Waals surface area contributed by atoms with E-state index < -0.39 is 11.6 Å². The molecule has 0 saturated heterocycles. The Hall–Kier alpha value is 0.765. The summed E-state index contributed by atoms with van der Waals surface area (Å²) in [4.78, 5) is 0. The Morgan fingerprint density at radius 3 is 0.750 bits per heavy atom. The van der Waals surface area contributed by atoms with Gasteiger partial charge < -0.3 is 16.4 Å². The van der Waals surface area contributed by atoms with Crippen LogP contribution in [0.5, 0.6) is 0 Å². The van der Waals surface area contributed by atoms with Gasteiger partial charge in [-0.05, 0) is 0 Å². The van der Waals surface area contributed by atoms with E-state index in [2.05, 4.69) is 0 Å². The van der Waals surface area contributed by atoms with Crippen molar-refractivity contribution in [3.05, 3.63) is 0 Å². The Morgan fingerprint density at radius 1 is 0.750 bits per heavy atom. The van der Waals surface area contributed by atoms with Crippen LogP contribution in [0.15, 0.2) is 0 Å². The van der Waals surface area contributed by atoms with Crippen LogP contribution in [0.4, 0.5) is 0 Å². The smallest absolute Gasteiger partial charge is 2.00 e. The van der Waals surface area contributed by atoms with Crippen molar-refractivity contribution in [1.82, 2.24) is 0 Å². The van der Waals surface area contributed by atoms with Gasteiger partial charge in [-0.1, -0.05) is 0 Å². The van der Waals surface area contributed by atoms with Crippen LogP contribution in [0.2, 0.25) is 0 Å². The molecule has 0 aliphatic carbocycles. The summed E-state index contributed by atoms with van der Waals surface area (Å²) in [7, 11) is 0. The Balaban J connectivity index is -0.00000000200. The summed E-state index contributed by atoms with van der Waals surface area (Å²) in [5, 5.41) is 0. The molecule has 0 heterocycles. The van der Waals surface area contributed by atoms with E-state index in [0.29, 0.717) is 0 Å². The van der Waals surface area contributed by atoms with Crippen LogP contribution in [0, 0.1) is 0 Å². The molecule has 8 heteroatoms. The van der Waals surface area contributed by atoms with Crippen LogP contribution in [0.3, 0.4) is 0 Å². The average Bonchev–Trinajstić information content (AvgIpc) is 0.918. The van der Waals surface area contributed by atoms with Crippen LogP contribution in [0.25, 0.3) is 0 Å². The Kier molecular flexibility index (Phi) is 986. The van der Waals surface area contributed by atoms with Crippen molar-refractivity contribution >= 4 is 46.3 Å². The minimum absolute atomic E-state index is 0. The maximum atomic E-state index is 8.29. The molecule has 8 heavy (non-hydrogen) atoms. The molecular formula is Al2O5S. The van der Waals surface area contributed by atoms with Crippen LogP contribution in [-0.4, -0.2) is 43.1 Å². The van der Waals surface area contributed by atoms with Gasteiger partial charge in [-0.25, -0.2) is 0 Å². The van der Waals surface area contributed by atoms with E-state index in [1.54, 1.807) is 0 Å². The Labute approximate surface area is 71.3 Å². The van der Waals surface area contributed by atoms with Gasteiger partial charge in [0.25, 0.3) is 0 Å². The van der Waals surface area contributed by atoms with Gasteiger partial charge in [-0.2, -0.15) is 8.42 Å². The zero-order chi connectivity index (χ0) is 2.71. The molecule has 0 aromatic heterocycles. The van der Waals surface area contributed by atoms with Crippen LogP contribution in [0.1, 0.15) is 0 Å². The molecule has 0 saturated carbocycles. The van der Waals surface area contributed by atoms with Gasteiger partial charge >= 0.3 is 46.3 Å². The largest absolute Gasteiger partial charge is 3.00 e. The zero-order valence-electron chi connectivity index (χ0n) is 3.60. The second kappa shape index (κ2) is 114. The third kappa shape index (κ3) is 384. The molecule has 0 aliphatic rings. The summed E-state index contributed by atoms with van der Waals surface area (Å²) in [6.07, 6.45) is 0. The summed E-state index contributed by atoms with van der Waals surface area (Å²) in [6.45, 7) is 0. The van der Waals surface area contributed by atoms with Crippen LogP contribution < -0.4 is 0 Å². The van der Waals surface area contributed by atoms with Gasteiger partial charge in [0.1, 0.15) is 0 Å². The number of hydrogen-bond acceptors (Lipinski definition) is 2. The molecule has 0 spiro atoms. The predicted octanol–water partition coefficient (Wildman–Crippen LogP) is -1.79. The SMILES string of the molecule is O=S=O.[Al+3].[Al+3].[O-2].[O-2].[O-2]. The Morgan fingerprint density at radius 2 is 0.750 bits per heavy atom. The van der Waals surface area contributed by atoms with Crippen molar-refractivity contribution in [3.8, 4) is 0 Å². The summed E-state index contributed by atoms with van der Waals surface area (Å²) in [5.74, 6) is 0. The van der Waals surface area contributed by atoms with E-state index in [1.807, 2.05) is 0 Å². The van der Waals surface area contributed by atoms with Gasteiger partial charge in [0.2, 0.25) is 0 Å². The van der Waals surface area contributed by atoms with E-state index in [-0.39, 0.29) is 51.2 Å². The first-order valence-corrected chi connectivity index (χ1v) is 1.00. The summed E-state index contributed by atoms with van der Waals surface area (Å²) < 4.78 is 16.6. The molecule has 0 aliphatic heterocycles. The minimum Gasteiger partial charge on any atom is -2.00 e. The number of hydrogen-bond donors (Lipinski definition) is 0. The summed E-state index contributed by atoms with van der Waals surface area (Å²) in [6, 6.07) is 0. The minimum atomic E-state index is -0.750. The van der Waals surface area contributed by atoms with Crippen LogP contribution in [-0.2, 0) is 28.0 Å². The monoisotopic (exact) mass is 166 g/mol. The summed E-state index contributed by atoms with van der Waals surface area (Å²) >= 11 is -0.750. The topological polar surface area (TPSA) is 120 Å². The molecule has 0 rings (SSSR count). The van der Waals surface area contributed by atoms with Gasteiger partial charge in [0.05, 0.1) is 0 Å².